The highest BCUT2D eigenvalue weighted by molar-refractivity contribution is 5.78. The maximum Gasteiger partial charge on any atom is 0.323 e. The molecule has 0 bridgehead atoms. The smallest absolute Gasteiger partial charge is 0.323 e. The van der Waals surface area contributed by atoms with E-state index in [0.29, 0.717) is 0 Å². The lowest BCUT2D eigenvalue weighted by Crippen LogP contribution is -2.45. The van der Waals surface area contributed by atoms with Gasteiger partial charge in [-0.2, -0.15) is 0 Å². The summed E-state index contributed by atoms with van der Waals surface area (Å²) in [5.74, 6) is -2.22. The van der Waals surface area contributed by atoms with Crippen molar-refractivity contribution in [3.8, 4) is 0 Å². The van der Waals surface area contributed by atoms with Gasteiger partial charge in [0.15, 0.2) is 0 Å². The van der Waals surface area contributed by atoms with Crippen molar-refractivity contribution in [2.45, 2.75) is 25.3 Å². The Morgan fingerprint density at radius 3 is 2.08 bits per heavy atom. The zero-order chi connectivity index (χ0) is 9.07. The Hall–Kier alpha value is -1.14. The molecule has 72 valence electrons. The summed E-state index contributed by atoms with van der Waals surface area (Å²) in [4.78, 5) is 20.3. The van der Waals surface area contributed by atoms with Crippen molar-refractivity contribution < 1.29 is 25.3 Å². The van der Waals surface area contributed by atoms with Gasteiger partial charge in [-0.25, -0.2) is 0 Å². The summed E-state index contributed by atoms with van der Waals surface area (Å²) in [6.45, 7) is 1.29. The molecule has 6 N–H and O–H groups in total. The lowest BCUT2D eigenvalue weighted by Gasteiger charge is -2.16. The number of carbonyl (C=O) groups is 2. The molecule has 0 aliphatic heterocycles. The molecule has 0 aromatic rings. The summed E-state index contributed by atoms with van der Waals surface area (Å²) < 4.78 is 0. The van der Waals surface area contributed by atoms with E-state index in [1.165, 1.54) is 6.92 Å². The SMILES string of the molecule is CC(N)(CCC(=O)O)C(=O)O.O. The van der Waals surface area contributed by atoms with Crippen molar-refractivity contribution in [2.75, 3.05) is 0 Å². The first-order chi connectivity index (χ1) is 4.86. The van der Waals surface area contributed by atoms with Gasteiger partial charge in [-0.15, -0.1) is 0 Å². The van der Waals surface area contributed by atoms with Gasteiger partial charge in [0.2, 0.25) is 0 Å². The summed E-state index contributed by atoms with van der Waals surface area (Å²) in [7, 11) is 0. The van der Waals surface area contributed by atoms with Crippen LogP contribution in [0.1, 0.15) is 19.8 Å². The fourth-order valence-corrected chi connectivity index (χ4v) is 0.474. The molecular weight excluding hydrogens is 166 g/mol. The Labute approximate surface area is 69.3 Å². The normalized spacial score (nSPS) is 14.2. The largest absolute Gasteiger partial charge is 0.481 e. The summed E-state index contributed by atoms with van der Waals surface area (Å²) in [6.07, 6.45) is -0.281. The molecule has 0 rings (SSSR count). The quantitative estimate of drug-likeness (QED) is 0.500. The van der Waals surface area contributed by atoms with Crippen LogP contribution >= 0.6 is 0 Å². The topological polar surface area (TPSA) is 132 Å². The summed E-state index contributed by atoms with van der Waals surface area (Å²) >= 11 is 0. The molecule has 0 saturated carbocycles. The minimum atomic E-state index is -1.43. The van der Waals surface area contributed by atoms with E-state index in [2.05, 4.69) is 0 Å². The van der Waals surface area contributed by atoms with Crippen molar-refractivity contribution in [2.24, 2.45) is 5.73 Å². The van der Waals surface area contributed by atoms with Gasteiger partial charge in [-0.1, -0.05) is 0 Å². The first-order valence-electron chi connectivity index (χ1n) is 3.10. The van der Waals surface area contributed by atoms with Gasteiger partial charge in [0, 0.05) is 6.42 Å². The van der Waals surface area contributed by atoms with E-state index >= 15 is 0 Å². The van der Waals surface area contributed by atoms with Crippen LogP contribution in [0.3, 0.4) is 0 Å². The maximum atomic E-state index is 10.3. The molecule has 1 unspecified atom stereocenters. The second-order valence-corrected chi connectivity index (χ2v) is 2.62. The summed E-state index contributed by atoms with van der Waals surface area (Å²) in [5.41, 5.74) is 3.81. The molecule has 1 atom stereocenters. The van der Waals surface area contributed by atoms with Gasteiger partial charge >= 0.3 is 11.9 Å². The number of rotatable bonds is 4. The van der Waals surface area contributed by atoms with Gasteiger partial charge in [0.1, 0.15) is 5.54 Å². The molecule has 0 fully saturated rings. The molecule has 0 spiro atoms. The molecular formula is C6H13NO5. The molecule has 12 heavy (non-hydrogen) atoms. The second-order valence-electron chi connectivity index (χ2n) is 2.62. The van der Waals surface area contributed by atoms with Crippen LogP contribution in [0.2, 0.25) is 0 Å². The number of hydrogen-bond acceptors (Lipinski definition) is 3. The summed E-state index contributed by atoms with van der Waals surface area (Å²) in [5, 5.41) is 16.6. The minimum Gasteiger partial charge on any atom is -0.481 e. The van der Waals surface area contributed by atoms with Gasteiger partial charge in [0.05, 0.1) is 0 Å². The Bertz CT molecular complexity index is 177. The Balaban J connectivity index is 0. The predicted octanol–water partition coefficient (Wildman–Crippen LogP) is -1.17. The molecule has 0 radical (unpaired) electrons. The van der Waals surface area contributed by atoms with Gasteiger partial charge in [0.25, 0.3) is 0 Å². The van der Waals surface area contributed by atoms with Crippen LogP contribution in [0, 0.1) is 0 Å². The number of carboxylic acid groups (broad SMARTS) is 2. The van der Waals surface area contributed by atoms with Crippen LogP contribution < -0.4 is 5.73 Å². The standard InChI is InChI=1S/C6H11NO4.H2O/c1-6(7,5(10)11)3-2-4(8)9;/h2-3,7H2,1H3,(H,8,9)(H,10,11);1H2. The van der Waals surface area contributed by atoms with Crippen LogP contribution in [0.5, 0.6) is 0 Å². The van der Waals surface area contributed by atoms with E-state index in [4.69, 9.17) is 15.9 Å². The van der Waals surface area contributed by atoms with E-state index in [9.17, 15) is 9.59 Å². The molecule has 0 heterocycles. The minimum absolute atomic E-state index is 0. The second kappa shape index (κ2) is 4.68. The molecule has 0 saturated heterocycles. The first kappa shape index (κ1) is 13.4. The molecule has 0 amide bonds. The fourth-order valence-electron chi connectivity index (χ4n) is 0.474. The highest BCUT2D eigenvalue weighted by Crippen LogP contribution is 2.08. The highest BCUT2D eigenvalue weighted by atomic mass is 16.4. The van der Waals surface area contributed by atoms with Crippen molar-refractivity contribution >= 4 is 11.9 Å². The van der Waals surface area contributed by atoms with Gasteiger partial charge < -0.3 is 21.4 Å². The lowest BCUT2D eigenvalue weighted by molar-refractivity contribution is -0.143. The van der Waals surface area contributed by atoms with Crippen molar-refractivity contribution in [1.29, 1.82) is 0 Å². The van der Waals surface area contributed by atoms with E-state index in [0.717, 1.165) is 0 Å². The highest BCUT2D eigenvalue weighted by Gasteiger charge is 2.27. The third-order valence-electron chi connectivity index (χ3n) is 1.35. The average molecular weight is 179 g/mol. The third kappa shape index (κ3) is 4.64. The zero-order valence-electron chi connectivity index (χ0n) is 6.70. The van der Waals surface area contributed by atoms with Crippen molar-refractivity contribution in [3.05, 3.63) is 0 Å². The molecule has 0 aromatic heterocycles. The van der Waals surface area contributed by atoms with Crippen LogP contribution in [0.4, 0.5) is 0 Å². The maximum absolute atomic E-state index is 10.3. The third-order valence-corrected chi connectivity index (χ3v) is 1.35. The van der Waals surface area contributed by atoms with Gasteiger partial charge in [-0.05, 0) is 13.3 Å². The molecule has 6 nitrogen and oxygen atoms in total. The van der Waals surface area contributed by atoms with Crippen LogP contribution in [-0.2, 0) is 9.59 Å². The zero-order valence-corrected chi connectivity index (χ0v) is 6.70. The van der Waals surface area contributed by atoms with Crippen LogP contribution in [0.15, 0.2) is 0 Å². The van der Waals surface area contributed by atoms with E-state index < -0.39 is 17.5 Å². The Kier molecular flexibility index (Phi) is 5.25. The van der Waals surface area contributed by atoms with E-state index in [-0.39, 0.29) is 18.3 Å². The number of aliphatic carboxylic acids is 2. The van der Waals surface area contributed by atoms with Gasteiger partial charge in [-0.3, -0.25) is 9.59 Å². The first-order valence-corrected chi connectivity index (χ1v) is 3.10. The lowest BCUT2D eigenvalue weighted by atomic mass is 9.98. The van der Waals surface area contributed by atoms with E-state index in [1.807, 2.05) is 0 Å². The van der Waals surface area contributed by atoms with Crippen LogP contribution in [0.25, 0.3) is 0 Å². The molecule has 0 aromatic carbocycles. The predicted molar refractivity (Wildman–Crippen MR) is 40.7 cm³/mol. The van der Waals surface area contributed by atoms with Crippen LogP contribution in [-0.4, -0.2) is 33.2 Å². The summed E-state index contributed by atoms with van der Waals surface area (Å²) in [6, 6.07) is 0. The number of carboxylic acids is 2. The van der Waals surface area contributed by atoms with Crippen molar-refractivity contribution in [1.82, 2.24) is 0 Å². The number of nitrogens with two attached hydrogens (primary N) is 1. The molecule has 6 heteroatoms. The fraction of sp³-hybridized carbons (Fsp3) is 0.667. The Morgan fingerprint density at radius 1 is 1.42 bits per heavy atom. The number of hydrogen-bond donors (Lipinski definition) is 3. The van der Waals surface area contributed by atoms with E-state index in [1.54, 1.807) is 0 Å². The molecule has 0 aliphatic carbocycles. The monoisotopic (exact) mass is 179 g/mol. The molecule has 0 aliphatic rings. The average Bonchev–Trinajstić information content (AvgIpc) is 1.84. The Morgan fingerprint density at radius 2 is 1.83 bits per heavy atom. The van der Waals surface area contributed by atoms with Crippen molar-refractivity contribution in [3.63, 3.8) is 0 Å².